The van der Waals surface area contributed by atoms with Crippen molar-refractivity contribution in [2.75, 3.05) is 19.6 Å². The van der Waals surface area contributed by atoms with E-state index in [1.165, 1.54) is 19.3 Å². The van der Waals surface area contributed by atoms with E-state index in [0.717, 1.165) is 19.0 Å². The fourth-order valence-corrected chi connectivity index (χ4v) is 2.95. The lowest BCUT2D eigenvalue weighted by Crippen LogP contribution is -2.37. The zero-order chi connectivity index (χ0) is 13.8. The summed E-state index contributed by atoms with van der Waals surface area (Å²) in [5, 5.41) is 1.04. The highest BCUT2D eigenvalue weighted by Gasteiger charge is 2.21. The van der Waals surface area contributed by atoms with Crippen molar-refractivity contribution >= 4 is 29.0 Å². The molecule has 0 amide bonds. The van der Waals surface area contributed by atoms with E-state index in [1.807, 2.05) is 0 Å². The molecule has 0 saturated carbocycles. The van der Waals surface area contributed by atoms with E-state index in [9.17, 15) is 4.79 Å². The van der Waals surface area contributed by atoms with Crippen LogP contribution in [0.4, 0.5) is 0 Å². The lowest BCUT2D eigenvalue weighted by atomic mass is 9.94. The summed E-state index contributed by atoms with van der Waals surface area (Å²) >= 11 is 12.0. The maximum absolute atomic E-state index is 12.3. The normalized spacial score (nSPS) is 17.6. The van der Waals surface area contributed by atoms with Gasteiger partial charge >= 0.3 is 0 Å². The zero-order valence-electron chi connectivity index (χ0n) is 11.2. The number of benzene rings is 1. The number of carbonyl (C=O) groups excluding carboxylic acids is 1. The van der Waals surface area contributed by atoms with Gasteiger partial charge in [-0.25, -0.2) is 0 Å². The SMILES string of the molecule is CCC1CCN(CC(=O)c2cc(Cl)ccc2Cl)CC1. The Balaban J connectivity index is 1.96. The molecule has 0 N–H and O–H groups in total. The molecule has 0 spiro atoms. The Labute approximate surface area is 124 Å². The molecule has 2 nitrogen and oxygen atoms in total. The molecule has 1 heterocycles. The molecule has 1 aliphatic heterocycles. The number of ketones is 1. The third-order valence-electron chi connectivity index (χ3n) is 3.88. The van der Waals surface area contributed by atoms with Crippen LogP contribution in [-0.4, -0.2) is 30.3 Å². The Morgan fingerprint density at radius 1 is 1.32 bits per heavy atom. The Bertz CT molecular complexity index is 453. The molecule has 0 atom stereocenters. The minimum atomic E-state index is 0.0578. The van der Waals surface area contributed by atoms with Crippen LogP contribution in [0.15, 0.2) is 18.2 Å². The summed E-state index contributed by atoms with van der Waals surface area (Å²) in [4.78, 5) is 14.5. The van der Waals surface area contributed by atoms with Crippen LogP contribution in [0.2, 0.25) is 10.0 Å². The van der Waals surface area contributed by atoms with Crippen LogP contribution in [0.25, 0.3) is 0 Å². The van der Waals surface area contributed by atoms with E-state index >= 15 is 0 Å². The molecule has 0 aliphatic carbocycles. The highest BCUT2D eigenvalue weighted by atomic mass is 35.5. The van der Waals surface area contributed by atoms with Gasteiger partial charge in [-0.05, 0) is 50.0 Å². The molecule has 1 aromatic rings. The molecule has 2 rings (SSSR count). The molecular formula is C15H19Cl2NO. The van der Waals surface area contributed by atoms with E-state index in [2.05, 4.69) is 11.8 Å². The highest BCUT2D eigenvalue weighted by Crippen LogP contribution is 2.23. The third-order valence-corrected chi connectivity index (χ3v) is 4.45. The van der Waals surface area contributed by atoms with Crippen molar-refractivity contribution in [2.24, 2.45) is 5.92 Å². The highest BCUT2D eigenvalue weighted by molar-refractivity contribution is 6.36. The Kier molecular flexibility index (Phi) is 5.26. The van der Waals surface area contributed by atoms with Gasteiger partial charge in [-0.15, -0.1) is 0 Å². The second kappa shape index (κ2) is 6.74. The van der Waals surface area contributed by atoms with Gasteiger partial charge in [-0.2, -0.15) is 0 Å². The fraction of sp³-hybridized carbons (Fsp3) is 0.533. The van der Waals surface area contributed by atoms with Gasteiger partial charge in [0.05, 0.1) is 11.6 Å². The first-order chi connectivity index (χ1) is 9.10. The average Bonchev–Trinajstić information content (AvgIpc) is 2.42. The summed E-state index contributed by atoms with van der Waals surface area (Å²) in [6.45, 7) is 4.68. The van der Waals surface area contributed by atoms with E-state index in [-0.39, 0.29) is 5.78 Å². The third kappa shape index (κ3) is 3.95. The average molecular weight is 300 g/mol. The van der Waals surface area contributed by atoms with Gasteiger partial charge in [0, 0.05) is 10.6 Å². The Morgan fingerprint density at radius 3 is 2.63 bits per heavy atom. The molecule has 104 valence electrons. The molecule has 0 unspecified atom stereocenters. The van der Waals surface area contributed by atoms with Crippen molar-refractivity contribution in [1.82, 2.24) is 4.90 Å². The van der Waals surface area contributed by atoms with Crippen molar-refractivity contribution in [2.45, 2.75) is 26.2 Å². The van der Waals surface area contributed by atoms with Gasteiger partial charge in [-0.1, -0.05) is 36.5 Å². The standard InChI is InChI=1S/C15H19Cl2NO/c1-2-11-5-7-18(8-6-11)10-15(19)13-9-12(16)3-4-14(13)17/h3-4,9,11H,2,5-8,10H2,1H3. The van der Waals surface area contributed by atoms with Crippen molar-refractivity contribution in [3.63, 3.8) is 0 Å². The lowest BCUT2D eigenvalue weighted by Gasteiger charge is -2.30. The maximum Gasteiger partial charge on any atom is 0.178 e. The monoisotopic (exact) mass is 299 g/mol. The second-order valence-corrected chi connectivity index (χ2v) is 6.02. The Hall–Kier alpha value is -0.570. The molecule has 1 aromatic carbocycles. The largest absolute Gasteiger partial charge is 0.296 e. The van der Waals surface area contributed by atoms with Crippen molar-refractivity contribution in [3.8, 4) is 0 Å². The molecular weight excluding hydrogens is 281 g/mol. The smallest absolute Gasteiger partial charge is 0.178 e. The van der Waals surface area contributed by atoms with Crippen molar-refractivity contribution < 1.29 is 4.79 Å². The first kappa shape index (κ1) is 14.8. The number of rotatable bonds is 4. The van der Waals surface area contributed by atoms with Crippen LogP contribution >= 0.6 is 23.2 Å². The first-order valence-electron chi connectivity index (χ1n) is 6.80. The molecule has 0 aromatic heterocycles. The summed E-state index contributed by atoms with van der Waals surface area (Å²) in [7, 11) is 0. The quantitative estimate of drug-likeness (QED) is 0.773. The second-order valence-electron chi connectivity index (χ2n) is 5.18. The molecule has 0 bridgehead atoms. The van der Waals surface area contributed by atoms with Crippen molar-refractivity contribution in [1.29, 1.82) is 0 Å². The van der Waals surface area contributed by atoms with Gasteiger partial charge in [0.15, 0.2) is 5.78 Å². The number of hydrogen-bond acceptors (Lipinski definition) is 2. The minimum Gasteiger partial charge on any atom is -0.296 e. The zero-order valence-corrected chi connectivity index (χ0v) is 12.7. The number of halogens is 2. The molecule has 0 radical (unpaired) electrons. The van der Waals surface area contributed by atoms with Gasteiger partial charge in [-0.3, -0.25) is 9.69 Å². The summed E-state index contributed by atoms with van der Waals surface area (Å²) in [5.74, 6) is 0.878. The number of carbonyl (C=O) groups is 1. The van der Waals surface area contributed by atoms with Crippen LogP contribution in [0.3, 0.4) is 0 Å². The number of Topliss-reactive ketones (excluding diaryl/α,β-unsaturated/α-hetero) is 1. The van der Waals surface area contributed by atoms with Crippen LogP contribution in [0, 0.1) is 5.92 Å². The van der Waals surface area contributed by atoms with Crippen LogP contribution < -0.4 is 0 Å². The molecule has 4 heteroatoms. The summed E-state index contributed by atoms with van der Waals surface area (Å²) in [6.07, 6.45) is 3.61. The predicted molar refractivity (Wildman–Crippen MR) is 80.2 cm³/mol. The molecule has 1 fully saturated rings. The van der Waals surface area contributed by atoms with Crippen LogP contribution in [-0.2, 0) is 0 Å². The van der Waals surface area contributed by atoms with E-state index in [1.54, 1.807) is 18.2 Å². The van der Waals surface area contributed by atoms with Gasteiger partial charge in [0.2, 0.25) is 0 Å². The molecule has 1 saturated heterocycles. The van der Waals surface area contributed by atoms with Crippen LogP contribution in [0.5, 0.6) is 0 Å². The van der Waals surface area contributed by atoms with Crippen molar-refractivity contribution in [3.05, 3.63) is 33.8 Å². The predicted octanol–water partition coefficient (Wildman–Crippen LogP) is 4.30. The summed E-state index contributed by atoms with van der Waals surface area (Å²) in [6, 6.07) is 5.04. The first-order valence-corrected chi connectivity index (χ1v) is 7.56. The van der Waals surface area contributed by atoms with Gasteiger partial charge in [0.25, 0.3) is 0 Å². The number of piperidine rings is 1. The van der Waals surface area contributed by atoms with E-state index in [4.69, 9.17) is 23.2 Å². The number of likely N-dealkylation sites (tertiary alicyclic amines) is 1. The van der Waals surface area contributed by atoms with Gasteiger partial charge < -0.3 is 0 Å². The number of nitrogens with zero attached hydrogens (tertiary/aromatic N) is 1. The number of hydrogen-bond donors (Lipinski definition) is 0. The molecule has 19 heavy (non-hydrogen) atoms. The fourth-order valence-electron chi connectivity index (χ4n) is 2.55. The minimum absolute atomic E-state index is 0.0578. The van der Waals surface area contributed by atoms with E-state index < -0.39 is 0 Å². The Morgan fingerprint density at radius 2 is 2.00 bits per heavy atom. The molecule has 1 aliphatic rings. The summed E-state index contributed by atoms with van der Waals surface area (Å²) in [5.41, 5.74) is 0.534. The van der Waals surface area contributed by atoms with E-state index in [0.29, 0.717) is 22.2 Å². The van der Waals surface area contributed by atoms with Crippen LogP contribution in [0.1, 0.15) is 36.5 Å². The summed E-state index contributed by atoms with van der Waals surface area (Å²) < 4.78 is 0. The lowest BCUT2D eigenvalue weighted by molar-refractivity contribution is 0.0895. The maximum atomic E-state index is 12.3. The topological polar surface area (TPSA) is 20.3 Å². The van der Waals surface area contributed by atoms with Gasteiger partial charge in [0.1, 0.15) is 0 Å².